The number of rotatable bonds is 5. The molecule has 0 bridgehead atoms. The summed E-state index contributed by atoms with van der Waals surface area (Å²) in [4.78, 5) is 11.3. The number of aliphatic imine (C=N–C) groups is 1. The van der Waals surface area contributed by atoms with Crippen LogP contribution in [0.4, 0.5) is 11.4 Å². The molecule has 61 heavy (non-hydrogen) atoms. The molecule has 0 aromatic heterocycles. The number of para-hydroxylation sites is 2. The molecule has 0 saturated carbocycles. The number of hydrogen-bond acceptors (Lipinski definition) is 3. The molecule has 5 nitrogen and oxygen atoms in total. The van der Waals surface area contributed by atoms with Gasteiger partial charge in [0.05, 0.1) is 18.1 Å². The Labute approximate surface area is 365 Å². The highest BCUT2D eigenvalue weighted by Gasteiger charge is 2.60. The maximum atomic E-state index is 7.81. The van der Waals surface area contributed by atoms with Crippen molar-refractivity contribution in [3.63, 3.8) is 0 Å². The van der Waals surface area contributed by atoms with Crippen molar-refractivity contribution in [3.8, 4) is 0 Å². The van der Waals surface area contributed by atoms with E-state index in [1.54, 1.807) is 16.7 Å². The number of fused-ring (bicyclic) bond motifs is 9. The van der Waals surface area contributed by atoms with E-state index >= 15 is 0 Å². The molecule has 316 valence electrons. The molecular weight excluding hydrogens is 743 g/mol. The fraction of sp³-hybridized carbons (Fsp3) is 0.482. The third-order valence-electron chi connectivity index (χ3n) is 16.4. The van der Waals surface area contributed by atoms with Crippen LogP contribution in [0.15, 0.2) is 147 Å². The summed E-state index contributed by atoms with van der Waals surface area (Å²) >= 11 is 0. The van der Waals surface area contributed by atoms with Crippen molar-refractivity contribution in [3.05, 3.63) is 154 Å². The van der Waals surface area contributed by atoms with Crippen LogP contribution in [0.5, 0.6) is 0 Å². The average molecular weight is 810 g/mol. The molecule has 8 atom stereocenters. The number of guanidine groups is 1. The van der Waals surface area contributed by atoms with E-state index in [0.29, 0.717) is 17.8 Å². The molecule has 0 amide bonds. The van der Waals surface area contributed by atoms with E-state index in [9.17, 15) is 0 Å². The van der Waals surface area contributed by atoms with Crippen LogP contribution in [-0.4, -0.2) is 30.1 Å². The standard InChI is InChI=1S/C56H67N5/c1-36-21-13-15-29-41(36)51(38-24-9-5-10-25-38)59-55(57)61-46-33-19-17-31-43(46)48-50-54(60(40-27-11-6-12-28-40)47-34-20-18-32-44(47)56(50,2)3)52-49(53(48)61)42-30-16-14-26-39(42)35-45(58-52)37-22-7-4-8-23-37/h7,9,13,17-25,27,31-34,36,41,45,48-49,51-53,58H,4-6,8,10-12,14-16,26,28-30,35H2,1-3H3,(H2,57,59)/t36?,41?,45-,48?,49?,51?,52?,53?/m0/s1. The van der Waals surface area contributed by atoms with Gasteiger partial charge in [-0.1, -0.05) is 123 Å². The lowest BCUT2D eigenvalue weighted by Crippen LogP contribution is -2.62. The predicted octanol–water partition coefficient (Wildman–Crippen LogP) is 12.5. The van der Waals surface area contributed by atoms with Gasteiger partial charge in [-0.05, 0) is 148 Å². The second-order valence-corrected chi connectivity index (χ2v) is 20.2. The van der Waals surface area contributed by atoms with Gasteiger partial charge >= 0.3 is 0 Å². The van der Waals surface area contributed by atoms with Crippen molar-refractivity contribution in [2.45, 2.75) is 153 Å². The van der Waals surface area contributed by atoms with Crippen LogP contribution in [0.2, 0.25) is 0 Å². The second kappa shape index (κ2) is 15.9. The lowest BCUT2D eigenvalue weighted by molar-refractivity contribution is 0.298. The van der Waals surface area contributed by atoms with E-state index in [1.165, 1.54) is 83.6 Å². The van der Waals surface area contributed by atoms with Gasteiger partial charge in [-0.25, -0.2) is 4.99 Å². The zero-order valence-electron chi connectivity index (χ0n) is 37.0. The van der Waals surface area contributed by atoms with Crippen LogP contribution in [0.1, 0.15) is 134 Å². The van der Waals surface area contributed by atoms with Crippen molar-refractivity contribution < 1.29 is 0 Å². The smallest absolute Gasteiger partial charge is 0.196 e. The molecule has 9 aliphatic rings. The molecule has 7 unspecified atom stereocenters. The Balaban J connectivity index is 1.17. The lowest BCUT2D eigenvalue weighted by Gasteiger charge is -2.56. The molecule has 5 heteroatoms. The maximum absolute atomic E-state index is 7.81. The molecule has 3 heterocycles. The highest BCUT2D eigenvalue weighted by Crippen LogP contribution is 2.63. The summed E-state index contributed by atoms with van der Waals surface area (Å²) in [5.74, 6) is 1.95. The first-order valence-corrected chi connectivity index (χ1v) is 24.3. The number of nitrogens with two attached hydrogens (primary N) is 1. The molecule has 0 saturated heterocycles. The summed E-state index contributed by atoms with van der Waals surface area (Å²) in [5.41, 5.74) is 23.9. The van der Waals surface area contributed by atoms with Crippen molar-refractivity contribution in [1.29, 1.82) is 0 Å². The molecule has 0 fully saturated rings. The number of hydrogen-bond donors (Lipinski definition) is 2. The quantitative estimate of drug-likeness (QED) is 0.179. The zero-order valence-corrected chi connectivity index (χ0v) is 37.0. The number of allylic oxidation sites excluding steroid dienone is 8. The van der Waals surface area contributed by atoms with Crippen molar-refractivity contribution in [1.82, 2.24) is 5.32 Å². The van der Waals surface area contributed by atoms with Crippen LogP contribution in [0.3, 0.4) is 0 Å². The van der Waals surface area contributed by atoms with Gasteiger partial charge in [-0.3, -0.25) is 0 Å². The fourth-order valence-corrected chi connectivity index (χ4v) is 13.7. The van der Waals surface area contributed by atoms with E-state index in [2.05, 4.69) is 139 Å². The largest absolute Gasteiger partial charge is 0.369 e. The Morgan fingerprint density at radius 3 is 2.39 bits per heavy atom. The Morgan fingerprint density at radius 2 is 1.61 bits per heavy atom. The lowest BCUT2D eigenvalue weighted by atomic mass is 9.58. The summed E-state index contributed by atoms with van der Waals surface area (Å²) in [6, 6.07) is 19.3. The van der Waals surface area contributed by atoms with Gasteiger partial charge in [0.1, 0.15) is 0 Å². The molecule has 0 radical (unpaired) electrons. The normalized spacial score (nSPS) is 32.1. The van der Waals surface area contributed by atoms with E-state index < -0.39 is 0 Å². The molecule has 0 spiro atoms. The average Bonchev–Trinajstić information content (AvgIpc) is 3.53. The van der Waals surface area contributed by atoms with E-state index in [-0.39, 0.29) is 41.4 Å². The van der Waals surface area contributed by atoms with Gasteiger partial charge in [-0.15, -0.1) is 0 Å². The van der Waals surface area contributed by atoms with Crippen molar-refractivity contribution >= 4 is 17.3 Å². The van der Waals surface area contributed by atoms with Crippen molar-refractivity contribution in [2.24, 2.45) is 28.5 Å². The van der Waals surface area contributed by atoms with E-state index in [1.807, 2.05) is 0 Å². The van der Waals surface area contributed by atoms with Crippen LogP contribution in [-0.2, 0) is 5.41 Å². The van der Waals surface area contributed by atoms with E-state index in [4.69, 9.17) is 10.7 Å². The highest BCUT2D eigenvalue weighted by atomic mass is 15.3. The first-order chi connectivity index (χ1) is 29.9. The van der Waals surface area contributed by atoms with Gasteiger partial charge < -0.3 is 20.9 Å². The highest BCUT2D eigenvalue weighted by molar-refractivity contribution is 5.99. The maximum Gasteiger partial charge on any atom is 0.196 e. The first-order valence-electron chi connectivity index (χ1n) is 24.3. The minimum absolute atomic E-state index is 0.0229. The second-order valence-electron chi connectivity index (χ2n) is 20.2. The van der Waals surface area contributed by atoms with Gasteiger partial charge in [-0.2, -0.15) is 0 Å². The van der Waals surface area contributed by atoms with Gasteiger partial charge in [0, 0.05) is 46.1 Å². The van der Waals surface area contributed by atoms with Gasteiger partial charge in [0.15, 0.2) is 5.96 Å². The number of benzene rings is 2. The SMILES string of the molecule is CC1C=CCCC1C(N=C(N)N1c2ccccc2C2C3=C(C4N[C@H](C5=CCCC=C5)CC5=C(CCCC5)C4C21)N(C1=CCCCC1)c1ccccc1C3(C)C)C1=CCCC=C1. The Bertz CT molecular complexity index is 2360. The summed E-state index contributed by atoms with van der Waals surface area (Å²) in [6.45, 7) is 7.47. The molecule has 3 aliphatic heterocycles. The molecule has 11 rings (SSSR count). The van der Waals surface area contributed by atoms with E-state index in [0.717, 1.165) is 57.8 Å². The minimum atomic E-state index is -0.220. The van der Waals surface area contributed by atoms with Crippen molar-refractivity contribution in [2.75, 3.05) is 9.80 Å². The fourth-order valence-electron chi connectivity index (χ4n) is 13.7. The predicted molar refractivity (Wildman–Crippen MR) is 255 cm³/mol. The Hall–Kier alpha value is -4.61. The molecule has 2 aromatic rings. The summed E-state index contributed by atoms with van der Waals surface area (Å²) in [5, 5.41) is 4.61. The monoisotopic (exact) mass is 810 g/mol. The molecule has 2 aromatic carbocycles. The number of nitrogens with zero attached hydrogens (tertiary/aromatic N) is 3. The molecular formula is C56H67N5. The third-order valence-corrected chi connectivity index (χ3v) is 16.4. The van der Waals surface area contributed by atoms with Crippen LogP contribution in [0.25, 0.3) is 0 Å². The summed E-state index contributed by atoms with van der Waals surface area (Å²) < 4.78 is 0. The third kappa shape index (κ3) is 6.54. The molecule has 3 N–H and O–H groups in total. The number of anilines is 2. The Morgan fingerprint density at radius 1 is 0.820 bits per heavy atom. The van der Waals surface area contributed by atoms with Crippen LogP contribution in [0, 0.1) is 17.8 Å². The van der Waals surface area contributed by atoms with Gasteiger partial charge in [0.25, 0.3) is 0 Å². The number of nitrogens with one attached hydrogen (secondary N) is 1. The van der Waals surface area contributed by atoms with Gasteiger partial charge in [0.2, 0.25) is 0 Å². The topological polar surface area (TPSA) is 56.9 Å². The van der Waals surface area contributed by atoms with Crippen LogP contribution >= 0.6 is 0 Å². The zero-order chi connectivity index (χ0) is 41.2. The Kier molecular flexibility index (Phi) is 10.3. The van der Waals surface area contributed by atoms with Crippen LogP contribution < -0.4 is 20.9 Å². The summed E-state index contributed by atoms with van der Waals surface area (Å²) in [6.07, 6.45) is 39.4. The summed E-state index contributed by atoms with van der Waals surface area (Å²) in [7, 11) is 0. The first kappa shape index (κ1) is 39.3. The minimum Gasteiger partial charge on any atom is -0.369 e. The molecule has 6 aliphatic carbocycles.